The Kier molecular flexibility index (Phi) is 10.2. The Morgan fingerprint density at radius 2 is 2.00 bits per heavy atom. The van der Waals surface area contributed by atoms with Gasteiger partial charge in [-0.1, -0.05) is 0 Å². The van der Waals surface area contributed by atoms with Crippen molar-refractivity contribution in [2.75, 3.05) is 0 Å². The van der Waals surface area contributed by atoms with Gasteiger partial charge >= 0.3 is 40.9 Å². The summed E-state index contributed by atoms with van der Waals surface area (Å²) in [6, 6.07) is 0. The second-order valence-corrected chi connectivity index (χ2v) is 0.940. The number of nitrogens with two attached hydrogens (primary N) is 1. The Morgan fingerprint density at radius 1 is 1.83 bits per heavy atom. The van der Waals surface area contributed by atoms with Crippen LogP contribution in [0.1, 0.15) is 0 Å². The van der Waals surface area contributed by atoms with Crippen molar-refractivity contribution in [3.8, 4) is 0 Å². The van der Waals surface area contributed by atoms with Crippen LogP contribution >= 0.6 is 0 Å². The summed E-state index contributed by atoms with van der Waals surface area (Å²) in [6.45, 7) is 0. The number of hydrogen-bond donors (Lipinski definition) is 2. The Hall–Kier alpha value is 1.03. The zero-order valence-corrected chi connectivity index (χ0v) is 3.07. The maximum absolute atomic E-state index is 9.13. The van der Waals surface area contributed by atoms with Crippen LogP contribution in [0.3, 0.4) is 0 Å². The molecule has 4 nitrogen and oxygen atoms in total. The van der Waals surface area contributed by atoms with Crippen molar-refractivity contribution in [3.05, 3.63) is 0 Å². The fourth-order valence-electron chi connectivity index (χ4n) is 0. The molecule has 0 amide bonds. The molecule has 0 aliphatic carbocycles. The van der Waals surface area contributed by atoms with E-state index >= 15 is 0 Å². The van der Waals surface area contributed by atoms with Gasteiger partial charge in [0.15, 0.2) is 0 Å². The Labute approximate surface area is 59.8 Å². The molecule has 0 aromatic heterocycles. The molecule has 34 valence electrons. The van der Waals surface area contributed by atoms with E-state index in [0.29, 0.717) is 0 Å². The van der Waals surface area contributed by atoms with Crippen molar-refractivity contribution in [1.29, 1.82) is 0 Å². The maximum atomic E-state index is 9.13. The van der Waals surface area contributed by atoms with Crippen LogP contribution in [0.5, 0.6) is 0 Å². The average molecular weight is 121 g/mol. The Bertz CT molecular complexity index is 46.1. The minimum atomic E-state index is -2.29. The molecular weight excluding hydrogens is 117 g/mol. The summed E-state index contributed by atoms with van der Waals surface area (Å²) in [6.07, 6.45) is 0. The van der Waals surface area contributed by atoms with E-state index in [9.17, 15) is 0 Å². The van der Waals surface area contributed by atoms with Crippen molar-refractivity contribution < 1.29 is 13.0 Å². The summed E-state index contributed by atoms with van der Waals surface area (Å²) >= 11 is -2.29. The molecule has 0 aliphatic rings. The monoisotopic (exact) mass is 121 g/mol. The third kappa shape index (κ3) is 8.90. The summed E-state index contributed by atoms with van der Waals surface area (Å²) in [5.41, 5.74) is 0. The molecule has 0 saturated heterocycles. The van der Waals surface area contributed by atoms with Crippen molar-refractivity contribution in [2.24, 2.45) is 5.90 Å². The quantitative estimate of drug-likeness (QED) is 0.248. The van der Waals surface area contributed by atoms with Crippen molar-refractivity contribution in [1.82, 2.24) is 0 Å². The van der Waals surface area contributed by atoms with E-state index < -0.39 is 11.4 Å². The summed E-state index contributed by atoms with van der Waals surface area (Å²) in [4.78, 5) is 0. The van der Waals surface area contributed by atoms with E-state index in [-0.39, 0.29) is 29.6 Å². The second-order valence-electron chi connectivity index (χ2n) is 0.313. The molecule has 0 spiro atoms. The Morgan fingerprint density at radius 3 is 2.00 bits per heavy atom. The van der Waals surface area contributed by atoms with Gasteiger partial charge in [0.2, 0.25) is 0 Å². The summed E-state index contributed by atoms with van der Waals surface area (Å²) in [7, 11) is 0. The van der Waals surface area contributed by atoms with Gasteiger partial charge in [0.05, 0.1) is 0 Å². The molecule has 0 fully saturated rings. The standard InChI is InChI=1S/H3NO3S.Na.H/c1-4-5(2)3;;/h1H2,(H,2,3);;. The molecule has 6 heavy (non-hydrogen) atoms. The van der Waals surface area contributed by atoms with E-state index in [0.717, 1.165) is 0 Å². The van der Waals surface area contributed by atoms with Crippen molar-refractivity contribution in [2.45, 2.75) is 0 Å². The van der Waals surface area contributed by atoms with E-state index in [1.54, 1.807) is 0 Å². The topological polar surface area (TPSA) is 72.5 Å². The van der Waals surface area contributed by atoms with Gasteiger partial charge in [-0.15, -0.1) is 0 Å². The van der Waals surface area contributed by atoms with Crippen molar-refractivity contribution in [3.63, 3.8) is 0 Å². The normalized spacial score (nSPS) is 12.3. The number of hydrogen-bond acceptors (Lipinski definition) is 3. The molecule has 0 rings (SSSR count). The molecular formula is H4NNaO3S. The van der Waals surface area contributed by atoms with E-state index in [1.807, 2.05) is 0 Å². The molecule has 0 bridgehead atoms. The van der Waals surface area contributed by atoms with Gasteiger partial charge in [0.1, 0.15) is 0 Å². The van der Waals surface area contributed by atoms with Crippen LogP contribution in [0.15, 0.2) is 0 Å². The average Bonchev–Trinajstić information content (AvgIpc) is 1.38. The first-order valence-electron chi connectivity index (χ1n) is 0.752. The van der Waals surface area contributed by atoms with Crippen molar-refractivity contribution >= 4 is 40.9 Å². The zero-order chi connectivity index (χ0) is 4.28. The molecule has 3 N–H and O–H groups in total. The minimum absolute atomic E-state index is 0. The molecule has 0 saturated carbocycles. The van der Waals surface area contributed by atoms with Crippen LogP contribution in [0.2, 0.25) is 0 Å². The van der Waals surface area contributed by atoms with Gasteiger partial charge in [0.25, 0.3) is 0 Å². The molecule has 1 unspecified atom stereocenters. The molecule has 6 heteroatoms. The molecule has 0 aromatic carbocycles. The third-order valence-electron chi connectivity index (χ3n) is 0.0823. The third-order valence-corrected chi connectivity index (χ3v) is 0.247. The first-order valence-corrected chi connectivity index (χ1v) is 1.78. The zero-order valence-electron chi connectivity index (χ0n) is 2.25. The first kappa shape index (κ1) is 10.1. The van der Waals surface area contributed by atoms with Gasteiger partial charge in [-0.2, -0.15) is 14.4 Å². The predicted octanol–water partition coefficient (Wildman–Crippen LogP) is -1.64. The Balaban J connectivity index is 0. The predicted molar refractivity (Wildman–Crippen MR) is 23.2 cm³/mol. The van der Waals surface area contributed by atoms with Crippen LogP contribution < -0.4 is 5.90 Å². The van der Waals surface area contributed by atoms with Gasteiger partial charge in [0, 0.05) is 0 Å². The first-order chi connectivity index (χ1) is 2.27. The van der Waals surface area contributed by atoms with Gasteiger partial charge in [-0.3, -0.25) is 4.55 Å². The van der Waals surface area contributed by atoms with Gasteiger partial charge in [-0.25, -0.2) is 0 Å². The van der Waals surface area contributed by atoms with Crippen LogP contribution in [-0.4, -0.2) is 38.3 Å². The van der Waals surface area contributed by atoms with E-state index in [2.05, 4.69) is 10.2 Å². The van der Waals surface area contributed by atoms with Gasteiger partial charge in [-0.05, 0) is 0 Å². The van der Waals surface area contributed by atoms with E-state index in [4.69, 9.17) is 8.76 Å². The van der Waals surface area contributed by atoms with Gasteiger partial charge < -0.3 is 0 Å². The van der Waals surface area contributed by atoms with Crippen LogP contribution in [0.25, 0.3) is 0 Å². The van der Waals surface area contributed by atoms with Crippen LogP contribution in [0.4, 0.5) is 0 Å². The fraction of sp³-hybridized carbons (Fsp3) is 0. The summed E-state index contributed by atoms with van der Waals surface area (Å²) < 4.78 is 19.9. The summed E-state index contributed by atoms with van der Waals surface area (Å²) in [5, 5.41) is 0. The molecule has 0 radical (unpaired) electrons. The molecule has 1 atom stereocenters. The fourth-order valence-corrected chi connectivity index (χ4v) is 0. The number of rotatable bonds is 1. The second kappa shape index (κ2) is 6.03. The van der Waals surface area contributed by atoms with E-state index in [1.165, 1.54) is 0 Å². The van der Waals surface area contributed by atoms with Crippen LogP contribution in [0, 0.1) is 0 Å². The summed E-state index contributed by atoms with van der Waals surface area (Å²) in [5.74, 6) is 4.12. The molecule has 0 heterocycles. The molecule has 0 aliphatic heterocycles. The molecule has 0 aromatic rings. The van der Waals surface area contributed by atoms with Crippen LogP contribution in [-0.2, 0) is 15.6 Å². The SMILES string of the molecule is NOS(=O)O.[NaH].